The van der Waals surface area contributed by atoms with Gasteiger partial charge in [-0.15, -0.1) is 0 Å². The molecular formula is C25H30FN5O3S. The van der Waals surface area contributed by atoms with Crippen LogP contribution in [0, 0.1) is 12.7 Å². The Morgan fingerprint density at radius 1 is 1.23 bits per heavy atom. The van der Waals surface area contributed by atoms with Crippen molar-refractivity contribution in [2.24, 2.45) is 4.36 Å². The van der Waals surface area contributed by atoms with Gasteiger partial charge < -0.3 is 20.5 Å². The van der Waals surface area contributed by atoms with E-state index in [0.29, 0.717) is 11.5 Å². The first-order chi connectivity index (χ1) is 16.7. The largest absolute Gasteiger partial charge is 0.481 e. The van der Waals surface area contributed by atoms with Crippen molar-refractivity contribution in [2.75, 3.05) is 30.0 Å². The predicted octanol–water partition coefficient (Wildman–Crippen LogP) is 4.31. The van der Waals surface area contributed by atoms with Crippen molar-refractivity contribution < 1.29 is 19.0 Å². The molecule has 0 spiro atoms. The van der Waals surface area contributed by atoms with Crippen molar-refractivity contribution in [3.63, 3.8) is 0 Å². The predicted molar refractivity (Wildman–Crippen MR) is 137 cm³/mol. The van der Waals surface area contributed by atoms with Gasteiger partial charge in [-0.2, -0.15) is 0 Å². The van der Waals surface area contributed by atoms with E-state index in [1.165, 1.54) is 37.4 Å². The minimum absolute atomic E-state index is 0.0746. The van der Waals surface area contributed by atoms with Crippen LogP contribution in [-0.4, -0.2) is 51.2 Å². The fourth-order valence-electron chi connectivity index (χ4n) is 3.76. The SMILES string of the molecule is Cc1cc(N=S2CCCC2)cc2ncnc(Nc3ccc(F)cc3OCC(=O)NCC(C)(C)O)c12. The van der Waals surface area contributed by atoms with Crippen LogP contribution < -0.4 is 15.4 Å². The highest BCUT2D eigenvalue weighted by molar-refractivity contribution is 7.87. The number of rotatable bonds is 8. The number of benzene rings is 2. The molecule has 0 saturated carbocycles. The molecule has 1 aromatic heterocycles. The summed E-state index contributed by atoms with van der Waals surface area (Å²) in [4.78, 5) is 20.9. The lowest BCUT2D eigenvalue weighted by Crippen LogP contribution is -2.40. The Hall–Kier alpha value is -3.11. The van der Waals surface area contributed by atoms with Gasteiger partial charge in [0.15, 0.2) is 6.61 Å². The number of ether oxygens (including phenoxy) is 1. The molecule has 10 heteroatoms. The van der Waals surface area contributed by atoms with E-state index >= 15 is 0 Å². The summed E-state index contributed by atoms with van der Waals surface area (Å²) in [5.41, 5.74) is 2.08. The second-order valence-corrected chi connectivity index (χ2v) is 11.1. The summed E-state index contributed by atoms with van der Waals surface area (Å²) in [5.74, 6) is 2.09. The molecule has 186 valence electrons. The zero-order valence-electron chi connectivity index (χ0n) is 20.1. The first kappa shape index (κ1) is 25.0. The van der Waals surface area contributed by atoms with Crippen molar-refractivity contribution in [3.05, 3.63) is 48.0 Å². The summed E-state index contributed by atoms with van der Waals surface area (Å²) < 4.78 is 24.5. The Morgan fingerprint density at radius 3 is 2.74 bits per heavy atom. The van der Waals surface area contributed by atoms with Gasteiger partial charge in [0.1, 0.15) is 23.7 Å². The Morgan fingerprint density at radius 2 is 2.00 bits per heavy atom. The molecule has 4 rings (SSSR count). The number of anilines is 2. The number of carbonyl (C=O) groups is 1. The third-order valence-electron chi connectivity index (χ3n) is 5.44. The van der Waals surface area contributed by atoms with Crippen LogP contribution in [0.4, 0.5) is 21.6 Å². The smallest absolute Gasteiger partial charge is 0.258 e. The molecule has 35 heavy (non-hydrogen) atoms. The van der Waals surface area contributed by atoms with Crippen LogP contribution in [0.15, 0.2) is 41.0 Å². The van der Waals surface area contributed by atoms with E-state index in [1.807, 2.05) is 19.1 Å². The van der Waals surface area contributed by atoms with Gasteiger partial charge in [-0.25, -0.2) is 18.7 Å². The van der Waals surface area contributed by atoms with Gasteiger partial charge >= 0.3 is 0 Å². The zero-order valence-corrected chi connectivity index (χ0v) is 20.9. The van der Waals surface area contributed by atoms with E-state index in [-0.39, 0.29) is 29.6 Å². The second-order valence-electron chi connectivity index (χ2n) is 9.19. The number of fused-ring (bicyclic) bond motifs is 1. The van der Waals surface area contributed by atoms with E-state index in [2.05, 4.69) is 20.6 Å². The van der Waals surface area contributed by atoms with Crippen LogP contribution in [-0.2, 0) is 15.5 Å². The van der Waals surface area contributed by atoms with Crippen LogP contribution in [0.3, 0.4) is 0 Å². The lowest BCUT2D eigenvalue weighted by Gasteiger charge is -2.18. The normalized spacial score (nSPS) is 14.2. The summed E-state index contributed by atoms with van der Waals surface area (Å²) in [5, 5.41) is 16.4. The van der Waals surface area contributed by atoms with Gasteiger partial charge in [-0.3, -0.25) is 4.79 Å². The number of aliphatic hydroxyl groups is 1. The Kier molecular flexibility index (Phi) is 7.61. The Balaban J connectivity index is 1.57. The first-order valence-electron chi connectivity index (χ1n) is 11.5. The molecule has 1 fully saturated rings. The fourth-order valence-corrected chi connectivity index (χ4v) is 5.62. The van der Waals surface area contributed by atoms with Crippen molar-refractivity contribution in [3.8, 4) is 5.75 Å². The number of carbonyl (C=O) groups excluding carboxylic acids is 1. The summed E-state index contributed by atoms with van der Waals surface area (Å²) >= 11 is 0. The maximum absolute atomic E-state index is 14.0. The topological polar surface area (TPSA) is 109 Å². The standard InChI is InChI=1S/C25H30FN5O3S/c1-16-10-18(31-35-8-4-5-9-35)12-20-23(16)24(29-15-28-20)30-19-7-6-17(26)11-21(19)34-13-22(32)27-14-25(2,3)33/h6-7,10-12,15,33H,4-5,8-9,13-14H2,1-3H3,(H,27,32)(H,28,29,30). The van der Waals surface area contributed by atoms with E-state index < -0.39 is 17.3 Å². The summed E-state index contributed by atoms with van der Waals surface area (Å²) in [6.07, 6.45) is 3.94. The fraction of sp³-hybridized carbons (Fsp3) is 0.400. The number of hydrogen-bond donors (Lipinski definition) is 3. The molecule has 2 aromatic carbocycles. The molecule has 0 unspecified atom stereocenters. The van der Waals surface area contributed by atoms with Gasteiger partial charge in [0.25, 0.3) is 5.91 Å². The molecule has 1 aliphatic heterocycles. The maximum atomic E-state index is 14.0. The van der Waals surface area contributed by atoms with Crippen LogP contribution in [0.2, 0.25) is 0 Å². The average Bonchev–Trinajstić information content (AvgIpc) is 3.30. The van der Waals surface area contributed by atoms with Crippen LogP contribution in [0.25, 0.3) is 10.9 Å². The molecule has 1 saturated heterocycles. The van der Waals surface area contributed by atoms with Crippen LogP contribution in [0.5, 0.6) is 5.75 Å². The second kappa shape index (κ2) is 10.7. The summed E-state index contributed by atoms with van der Waals surface area (Å²) in [6.45, 7) is 4.91. The highest BCUT2D eigenvalue weighted by Crippen LogP contribution is 2.34. The Bertz CT molecular complexity index is 1270. The molecule has 2 heterocycles. The zero-order chi connectivity index (χ0) is 25.0. The van der Waals surface area contributed by atoms with E-state index in [4.69, 9.17) is 9.10 Å². The number of nitrogens with zero attached hydrogens (tertiary/aromatic N) is 3. The first-order valence-corrected chi connectivity index (χ1v) is 13.0. The quantitative estimate of drug-likeness (QED) is 0.426. The minimum atomic E-state index is -1.04. The number of nitrogens with one attached hydrogen (secondary N) is 2. The van der Waals surface area contributed by atoms with Crippen molar-refractivity contribution in [2.45, 2.75) is 39.2 Å². The van der Waals surface area contributed by atoms with Gasteiger partial charge in [0, 0.05) is 29.5 Å². The third kappa shape index (κ3) is 6.73. The molecule has 3 aromatic rings. The number of halogens is 1. The molecule has 3 N–H and O–H groups in total. The van der Waals surface area contributed by atoms with Crippen molar-refractivity contribution >= 4 is 44.7 Å². The summed E-state index contributed by atoms with van der Waals surface area (Å²) in [7, 11) is 0.0826. The highest BCUT2D eigenvalue weighted by Gasteiger charge is 2.16. The molecule has 0 atom stereocenters. The van der Waals surface area contributed by atoms with E-state index in [9.17, 15) is 14.3 Å². The number of amides is 1. The van der Waals surface area contributed by atoms with Crippen LogP contribution >= 0.6 is 0 Å². The molecular weight excluding hydrogens is 469 g/mol. The molecule has 8 nitrogen and oxygen atoms in total. The van der Waals surface area contributed by atoms with E-state index in [1.54, 1.807) is 13.8 Å². The summed E-state index contributed by atoms with van der Waals surface area (Å²) in [6, 6.07) is 8.06. The molecule has 0 bridgehead atoms. The number of hydrogen-bond acceptors (Lipinski definition) is 7. The Labute approximate surface area is 206 Å². The maximum Gasteiger partial charge on any atom is 0.258 e. The average molecular weight is 500 g/mol. The number of aromatic nitrogens is 2. The van der Waals surface area contributed by atoms with Gasteiger partial charge in [0.05, 0.1) is 22.5 Å². The number of aryl methyl sites for hydroxylation is 1. The molecule has 1 amide bonds. The highest BCUT2D eigenvalue weighted by atomic mass is 32.2. The van der Waals surface area contributed by atoms with Gasteiger partial charge in [-0.1, -0.05) is 10.7 Å². The minimum Gasteiger partial charge on any atom is -0.481 e. The van der Waals surface area contributed by atoms with Crippen molar-refractivity contribution in [1.82, 2.24) is 15.3 Å². The van der Waals surface area contributed by atoms with Crippen LogP contribution in [0.1, 0.15) is 32.3 Å². The molecule has 0 aliphatic carbocycles. The lowest BCUT2D eigenvalue weighted by atomic mass is 10.1. The molecule has 1 aliphatic rings. The van der Waals surface area contributed by atoms with E-state index in [0.717, 1.165) is 33.7 Å². The van der Waals surface area contributed by atoms with Gasteiger partial charge in [0.2, 0.25) is 0 Å². The van der Waals surface area contributed by atoms with Gasteiger partial charge in [-0.05, 0) is 63.4 Å². The third-order valence-corrected chi connectivity index (χ3v) is 7.43. The lowest BCUT2D eigenvalue weighted by molar-refractivity contribution is -0.124. The van der Waals surface area contributed by atoms with Crippen molar-refractivity contribution in [1.29, 1.82) is 0 Å². The monoisotopic (exact) mass is 499 g/mol. The molecule has 0 radical (unpaired) electrons.